The smallest absolute Gasteiger partial charge is 0.290 e. The second-order valence-corrected chi connectivity index (χ2v) is 6.74. The van der Waals surface area contributed by atoms with Crippen molar-refractivity contribution in [3.05, 3.63) is 57.2 Å². The van der Waals surface area contributed by atoms with E-state index in [4.69, 9.17) is 0 Å². The largest absolute Gasteiger partial charge is 0.416 e. The number of hydrogen-bond acceptors (Lipinski definition) is 4. The molecule has 8 heteroatoms. The van der Waals surface area contributed by atoms with Crippen molar-refractivity contribution < 1.29 is 13.2 Å². The molecule has 0 aliphatic carbocycles. The lowest BCUT2D eigenvalue weighted by Crippen LogP contribution is -2.18. The molecule has 1 aromatic carbocycles. The number of thioether (sulfide) groups is 1. The lowest BCUT2D eigenvalue weighted by Gasteiger charge is -2.09. The van der Waals surface area contributed by atoms with E-state index in [2.05, 4.69) is 4.98 Å². The standard InChI is InChI=1S/C15H11F3N2OS2/c1-20-13(21)12-11(5-6-22-12)19-14(20)23-8-9-3-2-4-10(7-9)15(16,17)18/h2-7H,8H2,1H3. The SMILES string of the molecule is Cn1c(SCc2cccc(C(F)(F)F)c2)nc2ccsc2c1=O. The molecule has 2 aromatic heterocycles. The number of nitrogens with zero attached hydrogens (tertiary/aromatic N) is 2. The molecular formula is C15H11F3N2OS2. The van der Waals surface area contributed by atoms with Gasteiger partial charge < -0.3 is 0 Å². The van der Waals surface area contributed by atoms with Gasteiger partial charge in [-0.05, 0) is 23.1 Å². The first-order chi connectivity index (χ1) is 10.9. The molecule has 23 heavy (non-hydrogen) atoms. The Morgan fingerprint density at radius 2 is 2.09 bits per heavy atom. The maximum absolute atomic E-state index is 12.7. The molecule has 0 saturated carbocycles. The normalized spacial score (nSPS) is 12.0. The molecule has 0 aliphatic heterocycles. The van der Waals surface area contributed by atoms with Gasteiger partial charge in [0.05, 0.1) is 11.1 Å². The van der Waals surface area contributed by atoms with Crippen LogP contribution in [0, 0.1) is 0 Å². The van der Waals surface area contributed by atoms with Gasteiger partial charge in [-0.1, -0.05) is 30.0 Å². The van der Waals surface area contributed by atoms with Crippen molar-refractivity contribution in [1.29, 1.82) is 0 Å². The van der Waals surface area contributed by atoms with Crippen LogP contribution in [0.4, 0.5) is 13.2 Å². The maximum atomic E-state index is 12.7. The molecule has 0 bridgehead atoms. The van der Waals surface area contributed by atoms with E-state index in [0.717, 1.165) is 12.1 Å². The molecule has 3 aromatic rings. The van der Waals surface area contributed by atoms with Gasteiger partial charge in [-0.2, -0.15) is 13.2 Å². The predicted molar refractivity (Wildman–Crippen MR) is 85.9 cm³/mol. The second-order valence-electron chi connectivity index (χ2n) is 4.88. The number of benzene rings is 1. The molecular weight excluding hydrogens is 345 g/mol. The minimum absolute atomic E-state index is 0.142. The number of aromatic nitrogens is 2. The van der Waals surface area contributed by atoms with Crippen molar-refractivity contribution in [2.45, 2.75) is 17.1 Å². The third-order valence-corrected chi connectivity index (χ3v) is 5.26. The van der Waals surface area contributed by atoms with Crippen LogP contribution < -0.4 is 5.56 Å². The van der Waals surface area contributed by atoms with Crippen LogP contribution in [0.25, 0.3) is 10.2 Å². The Balaban J connectivity index is 1.87. The third-order valence-electron chi connectivity index (χ3n) is 3.27. The highest BCUT2D eigenvalue weighted by atomic mass is 32.2. The Labute approximate surface area is 137 Å². The summed E-state index contributed by atoms with van der Waals surface area (Å²) in [5.41, 5.74) is 0.330. The van der Waals surface area contributed by atoms with Crippen LogP contribution in [-0.2, 0) is 19.0 Å². The fraction of sp³-hybridized carbons (Fsp3) is 0.200. The number of hydrogen-bond donors (Lipinski definition) is 0. The summed E-state index contributed by atoms with van der Waals surface area (Å²) in [6.07, 6.45) is -4.36. The van der Waals surface area contributed by atoms with E-state index in [1.807, 2.05) is 0 Å². The fourth-order valence-corrected chi connectivity index (χ4v) is 3.80. The van der Waals surface area contributed by atoms with Gasteiger partial charge in [0, 0.05) is 12.8 Å². The van der Waals surface area contributed by atoms with Gasteiger partial charge in [0.25, 0.3) is 5.56 Å². The first kappa shape index (κ1) is 16.1. The summed E-state index contributed by atoms with van der Waals surface area (Å²) >= 11 is 2.57. The molecule has 0 radical (unpaired) electrons. The van der Waals surface area contributed by atoms with Crippen LogP contribution >= 0.6 is 23.1 Å². The summed E-state index contributed by atoms with van der Waals surface area (Å²) in [5, 5.41) is 2.28. The molecule has 120 valence electrons. The van der Waals surface area contributed by atoms with Gasteiger partial charge in [-0.3, -0.25) is 9.36 Å². The predicted octanol–water partition coefficient (Wildman–Crippen LogP) is 4.31. The van der Waals surface area contributed by atoms with Crippen LogP contribution in [0.15, 0.2) is 45.7 Å². The minimum atomic E-state index is -4.36. The Bertz CT molecular complexity index is 915. The molecule has 0 unspecified atom stereocenters. The van der Waals surface area contributed by atoms with Crippen molar-refractivity contribution in [3.8, 4) is 0 Å². The number of alkyl halides is 3. The highest BCUT2D eigenvalue weighted by Crippen LogP contribution is 2.31. The van der Waals surface area contributed by atoms with Crippen LogP contribution in [0.1, 0.15) is 11.1 Å². The number of fused-ring (bicyclic) bond motifs is 1. The maximum Gasteiger partial charge on any atom is 0.416 e. The summed E-state index contributed by atoms with van der Waals surface area (Å²) in [6.45, 7) is 0. The summed E-state index contributed by atoms with van der Waals surface area (Å²) in [4.78, 5) is 16.6. The molecule has 0 atom stereocenters. The van der Waals surface area contributed by atoms with Crippen LogP contribution in [-0.4, -0.2) is 9.55 Å². The third kappa shape index (κ3) is 3.28. The number of thiophene rings is 1. The molecule has 3 nitrogen and oxygen atoms in total. The molecule has 0 fully saturated rings. The molecule has 0 spiro atoms. The van der Waals surface area contributed by atoms with E-state index in [-0.39, 0.29) is 5.56 Å². The van der Waals surface area contributed by atoms with E-state index in [1.54, 1.807) is 24.6 Å². The zero-order valence-corrected chi connectivity index (χ0v) is 13.6. The summed E-state index contributed by atoms with van der Waals surface area (Å²) in [5.74, 6) is 0.305. The summed E-state index contributed by atoms with van der Waals surface area (Å²) < 4.78 is 40.2. The van der Waals surface area contributed by atoms with E-state index in [1.165, 1.54) is 33.7 Å². The Hall–Kier alpha value is -1.80. The second kappa shape index (κ2) is 6.01. The first-order valence-corrected chi connectivity index (χ1v) is 8.46. The molecule has 3 rings (SSSR count). The van der Waals surface area contributed by atoms with Crippen molar-refractivity contribution in [3.63, 3.8) is 0 Å². The Morgan fingerprint density at radius 3 is 2.83 bits per heavy atom. The monoisotopic (exact) mass is 356 g/mol. The molecule has 0 aliphatic rings. The zero-order valence-electron chi connectivity index (χ0n) is 11.9. The van der Waals surface area contributed by atoms with Crippen molar-refractivity contribution in [2.75, 3.05) is 0 Å². The van der Waals surface area contributed by atoms with Gasteiger partial charge in [-0.15, -0.1) is 11.3 Å². The lowest BCUT2D eigenvalue weighted by atomic mass is 10.1. The Kier molecular flexibility index (Phi) is 4.20. The molecule has 0 amide bonds. The van der Waals surface area contributed by atoms with Gasteiger partial charge in [0.2, 0.25) is 0 Å². The van der Waals surface area contributed by atoms with E-state index < -0.39 is 11.7 Å². The van der Waals surface area contributed by atoms with Gasteiger partial charge >= 0.3 is 6.18 Å². The zero-order chi connectivity index (χ0) is 16.6. The first-order valence-electron chi connectivity index (χ1n) is 6.59. The van der Waals surface area contributed by atoms with E-state index in [9.17, 15) is 18.0 Å². The van der Waals surface area contributed by atoms with Crippen LogP contribution in [0.3, 0.4) is 0 Å². The quantitative estimate of drug-likeness (QED) is 0.518. The minimum Gasteiger partial charge on any atom is -0.290 e. The number of halogens is 3. The summed E-state index contributed by atoms with van der Waals surface area (Å²) in [7, 11) is 1.61. The van der Waals surface area contributed by atoms with Crippen LogP contribution in [0.5, 0.6) is 0 Å². The highest BCUT2D eigenvalue weighted by Gasteiger charge is 2.30. The summed E-state index contributed by atoms with van der Waals surface area (Å²) in [6, 6.07) is 6.93. The molecule has 0 saturated heterocycles. The average Bonchev–Trinajstić information content (AvgIpc) is 2.97. The van der Waals surface area contributed by atoms with Gasteiger partial charge in [-0.25, -0.2) is 4.98 Å². The van der Waals surface area contributed by atoms with Crippen molar-refractivity contribution >= 4 is 33.3 Å². The van der Waals surface area contributed by atoms with Crippen molar-refractivity contribution in [1.82, 2.24) is 9.55 Å². The average molecular weight is 356 g/mol. The topological polar surface area (TPSA) is 34.9 Å². The van der Waals surface area contributed by atoms with Crippen LogP contribution in [0.2, 0.25) is 0 Å². The van der Waals surface area contributed by atoms with E-state index >= 15 is 0 Å². The van der Waals surface area contributed by atoms with Gasteiger partial charge in [0.15, 0.2) is 5.16 Å². The van der Waals surface area contributed by atoms with Gasteiger partial charge in [0.1, 0.15) is 4.70 Å². The lowest BCUT2D eigenvalue weighted by molar-refractivity contribution is -0.137. The molecule has 0 N–H and O–H groups in total. The fourth-order valence-electron chi connectivity index (χ4n) is 2.08. The Morgan fingerprint density at radius 1 is 1.30 bits per heavy atom. The highest BCUT2D eigenvalue weighted by molar-refractivity contribution is 7.98. The molecule has 2 heterocycles. The van der Waals surface area contributed by atoms with Crippen molar-refractivity contribution in [2.24, 2.45) is 7.05 Å². The number of rotatable bonds is 3. The van der Waals surface area contributed by atoms with E-state index in [0.29, 0.717) is 26.7 Å².